The van der Waals surface area contributed by atoms with Crippen molar-refractivity contribution in [2.45, 2.75) is 12.8 Å². The Morgan fingerprint density at radius 1 is 0.625 bits per heavy atom. The van der Waals surface area contributed by atoms with E-state index in [9.17, 15) is 20.1 Å². The average Bonchev–Trinajstić information content (AvgIpc) is 2.81. The van der Waals surface area contributed by atoms with Gasteiger partial charge in [0.05, 0.1) is 5.69 Å². The second-order valence-corrected chi connectivity index (χ2v) is 7.53. The van der Waals surface area contributed by atoms with Crippen LogP contribution in [0.2, 0.25) is 0 Å². The van der Waals surface area contributed by atoms with E-state index in [1.54, 1.807) is 60.7 Å². The number of phenols is 3. The van der Waals surface area contributed by atoms with E-state index in [0.717, 1.165) is 5.56 Å². The molecule has 0 unspecified atom stereocenters. The maximum Gasteiger partial charge on any atom is 0.255 e. The van der Waals surface area contributed by atoms with Crippen LogP contribution in [0.1, 0.15) is 32.6 Å². The highest BCUT2D eigenvalue weighted by molar-refractivity contribution is 6.05. The molecule has 4 aromatic rings. The summed E-state index contributed by atoms with van der Waals surface area (Å²) in [5, 5.41) is 34.3. The first-order chi connectivity index (χ1) is 15.5. The standard InChI is InChI=1S/C27H23NO4/c29-24-12-6-4-10-20(24)16-19-14-15-23(28-27(32)18-8-2-1-3-9-18)26(31)22(19)17-21-11-5-7-13-25(21)30/h1-15,29-31H,16-17H2,(H,28,32). The summed E-state index contributed by atoms with van der Waals surface area (Å²) in [6.45, 7) is 0. The first-order valence-electron chi connectivity index (χ1n) is 10.3. The molecule has 0 aliphatic carbocycles. The lowest BCUT2D eigenvalue weighted by atomic mass is 9.93. The van der Waals surface area contributed by atoms with Crippen molar-refractivity contribution in [3.63, 3.8) is 0 Å². The topological polar surface area (TPSA) is 89.8 Å². The molecule has 0 bridgehead atoms. The fraction of sp³-hybridized carbons (Fsp3) is 0.0741. The molecular formula is C27H23NO4. The van der Waals surface area contributed by atoms with E-state index in [2.05, 4.69) is 5.32 Å². The van der Waals surface area contributed by atoms with Crippen LogP contribution in [0.3, 0.4) is 0 Å². The molecule has 0 aromatic heterocycles. The van der Waals surface area contributed by atoms with Crippen molar-refractivity contribution in [3.05, 3.63) is 119 Å². The van der Waals surface area contributed by atoms with Crippen molar-refractivity contribution >= 4 is 11.6 Å². The number of anilines is 1. The second-order valence-electron chi connectivity index (χ2n) is 7.53. The third kappa shape index (κ3) is 4.57. The zero-order chi connectivity index (χ0) is 22.5. The van der Waals surface area contributed by atoms with Gasteiger partial charge in [-0.3, -0.25) is 4.79 Å². The SMILES string of the molecule is O=C(Nc1ccc(Cc2ccccc2O)c(Cc2ccccc2O)c1O)c1ccccc1. The van der Waals surface area contributed by atoms with Crippen LogP contribution in [0.15, 0.2) is 91.0 Å². The lowest BCUT2D eigenvalue weighted by Gasteiger charge is -2.17. The van der Waals surface area contributed by atoms with Gasteiger partial charge in [-0.1, -0.05) is 60.7 Å². The van der Waals surface area contributed by atoms with Crippen LogP contribution in [0, 0.1) is 0 Å². The lowest BCUT2D eigenvalue weighted by molar-refractivity contribution is 0.102. The van der Waals surface area contributed by atoms with Crippen molar-refractivity contribution < 1.29 is 20.1 Å². The summed E-state index contributed by atoms with van der Waals surface area (Å²) in [4.78, 5) is 12.6. The van der Waals surface area contributed by atoms with E-state index < -0.39 is 0 Å². The number of hydrogen-bond acceptors (Lipinski definition) is 4. The highest BCUT2D eigenvalue weighted by Crippen LogP contribution is 2.36. The van der Waals surface area contributed by atoms with Crippen LogP contribution in [-0.4, -0.2) is 21.2 Å². The zero-order valence-corrected chi connectivity index (χ0v) is 17.3. The van der Waals surface area contributed by atoms with Gasteiger partial charge in [0.1, 0.15) is 17.2 Å². The molecule has 0 aliphatic rings. The molecule has 4 N–H and O–H groups in total. The average molecular weight is 425 g/mol. The molecular weight excluding hydrogens is 402 g/mol. The fourth-order valence-electron chi connectivity index (χ4n) is 3.64. The van der Waals surface area contributed by atoms with Crippen LogP contribution < -0.4 is 5.32 Å². The molecule has 0 radical (unpaired) electrons. The molecule has 1 amide bonds. The predicted octanol–water partition coefficient (Wildman–Crippen LogP) is 5.24. The Morgan fingerprint density at radius 2 is 1.19 bits per heavy atom. The summed E-state index contributed by atoms with van der Waals surface area (Å²) in [7, 11) is 0. The number of carbonyl (C=O) groups excluding carboxylic acids is 1. The Hall–Kier alpha value is -4.25. The third-order valence-electron chi connectivity index (χ3n) is 5.40. The first kappa shape index (κ1) is 21.0. The number of nitrogens with one attached hydrogen (secondary N) is 1. The van der Waals surface area contributed by atoms with Crippen molar-refractivity contribution in [1.82, 2.24) is 0 Å². The number of carbonyl (C=O) groups is 1. The molecule has 4 rings (SSSR count). The smallest absolute Gasteiger partial charge is 0.255 e. The predicted molar refractivity (Wildman–Crippen MR) is 124 cm³/mol. The van der Waals surface area contributed by atoms with Crippen molar-refractivity contribution in [3.8, 4) is 17.2 Å². The molecule has 5 nitrogen and oxygen atoms in total. The Morgan fingerprint density at radius 3 is 1.81 bits per heavy atom. The monoisotopic (exact) mass is 425 g/mol. The van der Waals surface area contributed by atoms with Crippen molar-refractivity contribution in [1.29, 1.82) is 0 Å². The zero-order valence-electron chi connectivity index (χ0n) is 17.3. The summed E-state index contributed by atoms with van der Waals surface area (Å²) >= 11 is 0. The van der Waals surface area contributed by atoms with Crippen LogP contribution in [0.4, 0.5) is 5.69 Å². The maximum atomic E-state index is 12.6. The van der Waals surface area contributed by atoms with E-state index in [4.69, 9.17) is 0 Å². The number of phenolic OH excluding ortho intramolecular Hbond substituents is 3. The van der Waals surface area contributed by atoms with Gasteiger partial charge >= 0.3 is 0 Å². The summed E-state index contributed by atoms with van der Waals surface area (Å²) < 4.78 is 0. The van der Waals surface area contributed by atoms with Gasteiger partial charge in [-0.2, -0.15) is 0 Å². The minimum Gasteiger partial charge on any atom is -0.508 e. The molecule has 0 spiro atoms. The molecule has 0 fully saturated rings. The van der Waals surface area contributed by atoms with E-state index in [1.165, 1.54) is 0 Å². The van der Waals surface area contributed by atoms with Crippen molar-refractivity contribution in [2.24, 2.45) is 0 Å². The van der Waals surface area contributed by atoms with E-state index >= 15 is 0 Å². The number of aromatic hydroxyl groups is 3. The number of para-hydroxylation sites is 2. The van der Waals surface area contributed by atoms with E-state index in [1.807, 2.05) is 30.3 Å². The van der Waals surface area contributed by atoms with Gasteiger partial charge in [0.25, 0.3) is 5.91 Å². The Bertz CT molecular complexity index is 1250. The number of benzene rings is 4. The minimum absolute atomic E-state index is 0.0644. The summed E-state index contributed by atoms with van der Waals surface area (Å²) in [5.41, 5.74) is 3.47. The van der Waals surface area contributed by atoms with Gasteiger partial charge in [0.2, 0.25) is 0 Å². The molecule has 0 heterocycles. The summed E-state index contributed by atoms with van der Waals surface area (Å²) in [6, 6.07) is 26.2. The van der Waals surface area contributed by atoms with Gasteiger partial charge in [-0.05, 0) is 47.0 Å². The fourth-order valence-corrected chi connectivity index (χ4v) is 3.64. The van der Waals surface area contributed by atoms with Gasteiger partial charge < -0.3 is 20.6 Å². The quantitative estimate of drug-likeness (QED) is 0.318. The molecule has 0 saturated carbocycles. The first-order valence-corrected chi connectivity index (χ1v) is 10.3. The Kier molecular flexibility index (Phi) is 6.08. The number of amides is 1. The highest BCUT2D eigenvalue weighted by atomic mass is 16.3. The van der Waals surface area contributed by atoms with Gasteiger partial charge in [-0.25, -0.2) is 0 Å². The highest BCUT2D eigenvalue weighted by Gasteiger charge is 2.18. The Labute approximate surface area is 186 Å². The van der Waals surface area contributed by atoms with Crippen LogP contribution >= 0.6 is 0 Å². The molecule has 4 aromatic carbocycles. The van der Waals surface area contributed by atoms with E-state index in [0.29, 0.717) is 28.7 Å². The largest absolute Gasteiger partial charge is 0.508 e. The maximum absolute atomic E-state index is 12.6. The summed E-state index contributed by atoms with van der Waals surface area (Å²) in [6.07, 6.45) is 0.645. The second kappa shape index (κ2) is 9.27. The van der Waals surface area contributed by atoms with Crippen LogP contribution in [-0.2, 0) is 12.8 Å². The normalized spacial score (nSPS) is 10.6. The van der Waals surface area contributed by atoms with E-state index in [-0.39, 0.29) is 35.3 Å². The van der Waals surface area contributed by atoms with Gasteiger partial charge in [-0.15, -0.1) is 0 Å². The molecule has 32 heavy (non-hydrogen) atoms. The minimum atomic E-state index is -0.331. The molecule has 0 atom stereocenters. The van der Waals surface area contributed by atoms with Crippen LogP contribution in [0.5, 0.6) is 17.2 Å². The summed E-state index contributed by atoms with van der Waals surface area (Å²) in [5.74, 6) is -0.102. The molecule has 0 saturated heterocycles. The van der Waals surface area contributed by atoms with Crippen LogP contribution in [0.25, 0.3) is 0 Å². The van der Waals surface area contributed by atoms with Crippen molar-refractivity contribution in [2.75, 3.05) is 5.32 Å². The van der Waals surface area contributed by atoms with Gasteiger partial charge in [0, 0.05) is 24.0 Å². The molecule has 5 heteroatoms. The number of rotatable bonds is 6. The Balaban J connectivity index is 1.73. The van der Waals surface area contributed by atoms with Gasteiger partial charge in [0.15, 0.2) is 0 Å². The molecule has 160 valence electrons. The lowest BCUT2D eigenvalue weighted by Crippen LogP contribution is -2.12. The molecule has 0 aliphatic heterocycles. The third-order valence-corrected chi connectivity index (χ3v) is 5.40. The number of hydrogen-bond donors (Lipinski definition) is 4.